The Hall–Kier alpha value is -2.02. The molecule has 2 atom stereocenters. The van der Waals surface area contributed by atoms with E-state index in [1.807, 2.05) is 0 Å². The predicted molar refractivity (Wildman–Crippen MR) is 80.6 cm³/mol. The Bertz CT molecular complexity index is 595. The second kappa shape index (κ2) is 7.50. The summed E-state index contributed by atoms with van der Waals surface area (Å²) in [5, 5.41) is 12.0. The highest BCUT2D eigenvalue weighted by Crippen LogP contribution is 2.25. The van der Waals surface area contributed by atoms with Gasteiger partial charge in [0.05, 0.1) is 11.8 Å². The third-order valence-corrected chi connectivity index (χ3v) is 4.09. The van der Waals surface area contributed by atoms with Crippen LogP contribution in [0, 0.1) is 17.6 Å². The summed E-state index contributed by atoms with van der Waals surface area (Å²) in [5.74, 6) is -3.50. The van der Waals surface area contributed by atoms with Crippen LogP contribution in [0.1, 0.15) is 25.7 Å². The lowest BCUT2D eigenvalue weighted by Gasteiger charge is -2.30. The summed E-state index contributed by atoms with van der Waals surface area (Å²) in [6, 6.07) is 2.60. The smallest absolute Gasteiger partial charge is 0.313 e. The van der Waals surface area contributed by atoms with Crippen molar-refractivity contribution in [2.45, 2.75) is 31.8 Å². The molecule has 2 unspecified atom stereocenters. The first-order valence-corrected chi connectivity index (χ1v) is 7.58. The maximum Gasteiger partial charge on any atom is 0.313 e. The number of nitrogens with zero attached hydrogens (tertiary/aromatic N) is 1. The van der Waals surface area contributed by atoms with E-state index in [1.54, 1.807) is 0 Å². The number of likely N-dealkylation sites (N-methyl/N-ethyl adjacent to an activating group) is 1. The van der Waals surface area contributed by atoms with E-state index < -0.39 is 29.6 Å². The topological polar surface area (TPSA) is 69.6 Å². The number of benzene rings is 1. The number of hydrogen-bond acceptors (Lipinski definition) is 3. The van der Waals surface area contributed by atoms with Crippen molar-refractivity contribution in [3.63, 3.8) is 0 Å². The van der Waals surface area contributed by atoms with Crippen LogP contribution in [0.2, 0.25) is 0 Å². The number of carbonyl (C=O) groups excluding carboxylic acids is 2. The number of anilines is 1. The monoisotopic (exact) mass is 326 g/mol. The van der Waals surface area contributed by atoms with Crippen LogP contribution in [0.4, 0.5) is 14.5 Å². The molecule has 1 saturated carbocycles. The van der Waals surface area contributed by atoms with Gasteiger partial charge in [-0.2, -0.15) is 0 Å². The summed E-state index contributed by atoms with van der Waals surface area (Å²) in [4.78, 5) is 25.1. The van der Waals surface area contributed by atoms with Crippen LogP contribution in [0.25, 0.3) is 0 Å². The number of aliphatic hydroxyl groups is 1. The third kappa shape index (κ3) is 4.48. The van der Waals surface area contributed by atoms with Crippen molar-refractivity contribution in [1.29, 1.82) is 0 Å². The number of nitrogens with one attached hydrogen (secondary N) is 1. The minimum atomic E-state index is -1.04. The number of hydrogen-bond donors (Lipinski definition) is 2. The molecular weight excluding hydrogens is 306 g/mol. The van der Waals surface area contributed by atoms with Crippen molar-refractivity contribution in [3.8, 4) is 0 Å². The number of aliphatic hydroxyl groups excluding tert-OH is 1. The lowest BCUT2D eigenvalue weighted by atomic mass is 9.86. The summed E-state index contributed by atoms with van der Waals surface area (Å²) in [5.41, 5.74) is -0.380. The van der Waals surface area contributed by atoms with Crippen molar-refractivity contribution in [1.82, 2.24) is 4.90 Å². The van der Waals surface area contributed by atoms with Gasteiger partial charge in [-0.25, -0.2) is 8.78 Å². The van der Waals surface area contributed by atoms with Crippen molar-refractivity contribution in [2.75, 3.05) is 18.9 Å². The van der Waals surface area contributed by atoms with Gasteiger partial charge in [-0.15, -0.1) is 0 Å². The molecule has 5 nitrogen and oxygen atoms in total. The predicted octanol–water partition coefficient (Wildman–Crippen LogP) is 1.91. The Kier molecular flexibility index (Phi) is 5.65. The summed E-state index contributed by atoms with van der Waals surface area (Å²) in [6.07, 6.45) is 2.92. The maximum atomic E-state index is 13.5. The van der Waals surface area contributed by atoms with Gasteiger partial charge in [0, 0.05) is 25.6 Å². The minimum absolute atomic E-state index is 0.0728. The first-order valence-electron chi connectivity index (χ1n) is 7.58. The Morgan fingerprint density at radius 1 is 1.30 bits per heavy atom. The molecule has 1 aliphatic rings. The largest absolute Gasteiger partial charge is 0.393 e. The number of rotatable bonds is 3. The van der Waals surface area contributed by atoms with Crippen LogP contribution in [0.15, 0.2) is 18.2 Å². The van der Waals surface area contributed by atoms with Crippen molar-refractivity contribution >= 4 is 17.5 Å². The molecule has 0 radical (unpaired) electrons. The first kappa shape index (κ1) is 17.3. The van der Waals surface area contributed by atoms with E-state index in [-0.39, 0.29) is 18.2 Å². The Morgan fingerprint density at radius 3 is 2.70 bits per heavy atom. The maximum absolute atomic E-state index is 13.5. The molecule has 0 aromatic heterocycles. The van der Waals surface area contributed by atoms with Crippen molar-refractivity contribution in [2.24, 2.45) is 5.92 Å². The summed E-state index contributed by atoms with van der Waals surface area (Å²) >= 11 is 0. The van der Waals surface area contributed by atoms with E-state index in [0.717, 1.165) is 37.5 Å². The molecule has 0 bridgehead atoms. The van der Waals surface area contributed by atoms with Gasteiger partial charge in [0.1, 0.15) is 11.6 Å². The summed E-state index contributed by atoms with van der Waals surface area (Å²) < 4.78 is 26.5. The molecule has 2 N–H and O–H groups in total. The lowest BCUT2D eigenvalue weighted by Crippen LogP contribution is -2.42. The molecule has 2 amide bonds. The van der Waals surface area contributed by atoms with Crippen LogP contribution in [0.3, 0.4) is 0 Å². The van der Waals surface area contributed by atoms with Crippen LogP contribution in [0.5, 0.6) is 0 Å². The Balaban J connectivity index is 1.95. The molecule has 0 spiro atoms. The normalized spacial score (nSPS) is 20.9. The van der Waals surface area contributed by atoms with Crippen LogP contribution >= 0.6 is 0 Å². The standard InChI is InChI=1S/C16H20F2N2O3/c1-20(9-10-4-2-3-5-14(10)21)16(23)15(22)19-13-8-11(17)6-7-12(13)18/h6-8,10,14,21H,2-5,9H2,1H3,(H,19,22). The van der Waals surface area contributed by atoms with E-state index >= 15 is 0 Å². The summed E-state index contributed by atoms with van der Waals surface area (Å²) in [6.45, 7) is 0.249. The zero-order valence-electron chi connectivity index (χ0n) is 12.9. The fourth-order valence-corrected chi connectivity index (χ4v) is 2.78. The third-order valence-electron chi connectivity index (χ3n) is 4.09. The minimum Gasteiger partial charge on any atom is -0.393 e. The zero-order chi connectivity index (χ0) is 17.0. The van der Waals surface area contributed by atoms with Crippen molar-refractivity contribution in [3.05, 3.63) is 29.8 Å². The van der Waals surface area contributed by atoms with Gasteiger partial charge in [-0.05, 0) is 25.0 Å². The first-order chi connectivity index (χ1) is 10.9. The molecule has 1 fully saturated rings. The fourth-order valence-electron chi connectivity index (χ4n) is 2.78. The highest BCUT2D eigenvalue weighted by atomic mass is 19.1. The second-order valence-electron chi connectivity index (χ2n) is 5.88. The molecule has 0 saturated heterocycles. The average Bonchev–Trinajstić information content (AvgIpc) is 2.52. The van der Waals surface area contributed by atoms with E-state index in [0.29, 0.717) is 6.42 Å². The zero-order valence-corrected chi connectivity index (χ0v) is 12.9. The quantitative estimate of drug-likeness (QED) is 0.834. The average molecular weight is 326 g/mol. The molecule has 23 heavy (non-hydrogen) atoms. The Labute approximate surface area is 133 Å². The number of amides is 2. The second-order valence-corrected chi connectivity index (χ2v) is 5.88. The Morgan fingerprint density at radius 2 is 2.00 bits per heavy atom. The molecule has 0 heterocycles. The van der Waals surface area contributed by atoms with E-state index in [1.165, 1.54) is 11.9 Å². The highest BCUT2D eigenvalue weighted by Gasteiger charge is 2.28. The van der Waals surface area contributed by atoms with Gasteiger partial charge in [0.25, 0.3) is 0 Å². The van der Waals surface area contributed by atoms with Gasteiger partial charge in [-0.1, -0.05) is 12.8 Å². The molecule has 0 aliphatic heterocycles. The van der Waals surface area contributed by atoms with Crippen molar-refractivity contribution < 1.29 is 23.5 Å². The van der Waals surface area contributed by atoms with E-state index in [9.17, 15) is 23.5 Å². The van der Waals surface area contributed by atoms with Gasteiger partial charge < -0.3 is 15.3 Å². The number of carbonyl (C=O) groups is 2. The fraction of sp³-hybridized carbons (Fsp3) is 0.500. The molecule has 126 valence electrons. The van der Waals surface area contributed by atoms with Gasteiger partial charge in [-0.3, -0.25) is 9.59 Å². The molecule has 1 aromatic rings. The lowest BCUT2D eigenvalue weighted by molar-refractivity contribution is -0.143. The van der Waals surface area contributed by atoms with Gasteiger partial charge >= 0.3 is 11.8 Å². The van der Waals surface area contributed by atoms with Crippen LogP contribution in [-0.2, 0) is 9.59 Å². The van der Waals surface area contributed by atoms with Crippen LogP contribution in [-0.4, -0.2) is 41.5 Å². The number of halogens is 2. The summed E-state index contributed by atoms with van der Waals surface area (Å²) in [7, 11) is 1.45. The molecule has 2 rings (SSSR count). The SMILES string of the molecule is CN(CC1CCCCC1O)C(=O)C(=O)Nc1cc(F)ccc1F. The van der Waals surface area contributed by atoms with E-state index in [2.05, 4.69) is 5.32 Å². The van der Waals surface area contributed by atoms with Crippen LogP contribution < -0.4 is 5.32 Å². The molecule has 1 aliphatic carbocycles. The molecule has 7 heteroatoms. The molecule has 1 aromatic carbocycles. The molecular formula is C16H20F2N2O3. The van der Waals surface area contributed by atoms with Gasteiger partial charge in [0.15, 0.2) is 0 Å². The highest BCUT2D eigenvalue weighted by molar-refractivity contribution is 6.39. The van der Waals surface area contributed by atoms with Gasteiger partial charge in [0.2, 0.25) is 0 Å². The van der Waals surface area contributed by atoms with E-state index in [4.69, 9.17) is 0 Å².